The summed E-state index contributed by atoms with van der Waals surface area (Å²) < 4.78 is 38.0. The van der Waals surface area contributed by atoms with Gasteiger partial charge in [0.25, 0.3) is 5.91 Å². The first-order valence-electron chi connectivity index (χ1n) is 9.47. The number of hydrogen-bond acceptors (Lipinski definition) is 6. The SMILES string of the molecule is CC(C)C(C)NC(=O)COC(=O)c1ccc(Cl)c(S(=O)(=O)NCC2CCCO2)c1. The first kappa shape index (κ1) is 23.6. The van der Waals surface area contributed by atoms with E-state index in [-0.39, 0.29) is 40.1 Å². The number of rotatable bonds is 9. The average molecular weight is 447 g/mol. The molecule has 2 rings (SSSR count). The van der Waals surface area contributed by atoms with Gasteiger partial charge >= 0.3 is 5.97 Å². The van der Waals surface area contributed by atoms with Crippen LogP contribution < -0.4 is 10.0 Å². The minimum absolute atomic E-state index is 0.0170. The highest BCUT2D eigenvalue weighted by atomic mass is 35.5. The smallest absolute Gasteiger partial charge is 0.338 e. The van der Waals surface area contributed by atoms with Gasteiger partial charge in [-0.25, -0.2) is 17.9 Å². The van der Waals surface area contributed by atoms with Crippen molar-refractivity contribution in [1.29, 1.82) is 0 Å². The van der Waals surface area contributed by atoms with Crippen LogP contribution in [0.3, 0.4) is 0 Å². The van der Waals surface area contributed by atoms with Crippen LogP contribution in [-0.2, 0) is 24.3 Å². The molecule has 8 nitrogen and oxygen atoms in total. The molecule has 1 aromatic carbocycles. The van der Waals surface area contributed by atoms with Crippen LogP contribution in [0, 0.1) is 5.92 Å². The first-order valence-corrected chi connectivity index (χ1v) is 11.3. The highest BCUT2D eigenvalue weighted by Gasteiger charge is 2.24. The van der Waals surface area contributed by atoms with Crippen molar-refractivity contribution in [2.24, 2.45) is 5.92 Å². The number of amides is 1. The van der Waals surface area contributed by atoms with E-state index >= 15 is 0 Å². The van der Waals surface area contributed by atoms with Crippen molar-refractivity contribution in [3.8, 4) is 0 Å². The molecule has 0 radical (unpaired) electrons. The molecule has 0 aliphatic carbocycles. The molecule has 1 aromatic rings. The van der Waals surface area contributed by atoms with Crippen LogP contribution in [0.1, 0.15) is 44.0 Å². The third-order valence-electron chi connectivity index (χ3n) is 4.70. The molecule has 1 amide bonds. The summed E-state index contributed by atoms with van der Waals surface area (Å²) in [4.78, 5) is 23.9. The van der Waals surface area contributed by atoms with E-state index in [2.05, 4.69) is 10.0 Å². The predicted molar refractivity (Wildman–Crippen MR) is 108 cm³/mol. The monoisotopic (exact) mass is 446 g/mol. The minimum atomic E-state index is -3.94. The zero-order valence-corrected chi connectivity index (χ0v) is 18.3. The average Bonchev–Trinajstić information content (AvgIpc) is 3.18. The first-order chi connectivity index (χ1) is 13.6. The Morgan fingerprint density at radius 1 is 1.31 bits per heavy atom. The second-order valence-electron chi connectivity index (χ2n) is 7.31. The Morgan fingerprint density at radius 2 is 2.03 bits per heavy atom. The standard InChI is InChI=1S/C19H27ClN2O6S/c1-12(2)13(3)22-18(23)11-28-19(24)14-6-7-16(20)17(9-14)29(25,26)21-10-15-5-4-8-27-15/h6-7,9,12-13,15,21H,4-5,8,10-11H2,1-3H3,(H,22,23). The fraction of sp³-hybridized carbons (Fsp3) is 0.579. The molecule has 1 saturated heterocycles. The van der Waals surface area contributed by atoms with Crippen molar-refractivity contribution in [1.82, 2.24) is 10.0 Å². The summed E-state index contributed by atoms with van der Waals surface area (Å²) in [6, 6.07) is 3.72. The van der Waals surface area contributed by atoms with E-state index in [9.17, 15) is 18.0 Å². The highest BCUT2D eigenvalue weighted by molar-refractivity contribution is 7.89. The minimum Gasteiger partial charge on any atom is -0.452 e. The Kier molecular flexibility index (Phi) is 8.45. The maximum Gasteiger partial charge on any atom is 0.338 e. The zero-order chi connectivity index (χ0) is 21.6. The number of nitrogens with one attached hydrogen (secondary N) is 2. The van der Waals surface area contributed by atoms with Gasteiger partial charge in [-0.2, -0.15) is 0 Å². The third-order valence-corrected chi connectivity index (χ3v) is 6.61. The van der Waals surface area contributed by atoms with Crippen LogP contribution in [0.5, 0.6) is 0 Å². The predicted octanol–water partition coefficient (Wildman–Crippen LogP) is 2.11. The van der Waals surface area contributed by atoms with Crippen molar-refractivity contribution in [3.05, 3.63) is 28.8 Å². The molecule has 1 aliphatic rings. The van der Waals surface area contributed by atoms with E-state index in [0.29, 0.717) is 6.61 Å². The van der Waals surface area contributed by atoms with Gasteiger partial charge in [-0.1, -0.05) is 25.4 Å². The summed E-state index contributed by atoms with van der Waals surface area (Å²) in [6.45, 7) is 6.04. The van der Waals surface area contributed by atoms with Crippen LogP contribution in [-0.4, -0.2) is 52.2 Å². The van der Waals surface area contributed by atoms with Crippen LogP contribution in [0.15, 0.2) is 23.1 Å². The molecule has 29 heavy (non-hydrogen) atoms. The van der Waals surface area contributed by atoms with Gasteiger partial charge in [0.15, 0.2) is 6.61 Å². The molecular weight excluding hydrogens is 420 g/mol. The molecule has 2 unspecified atom stereocenters. The molecule has 10 heteroatoms. The van der Waals surface area contributed by atoms with Crippen LogP contribution in [0.2, 0.25) is 5.02 Å². The molecule has 1 fully saturated rings. The maximum absolute atomic E-state index is 12.6. The van der Waals surface area contributed by atoms with E-state index < -0.39 is 28.5 Å². The largest absolute Gasteiger partial charge is 0.452 e. The Bertz CT molecular complexity index is 837. The molecule has 0 saturated carbocycles. The van der Waals surface area contributed by atoms with Crippen molar-refractivity contribution < 1.29 is 27.5 Å². The fourth-order valence-corrected chi connectivity index (χ4v) is 4.19. The van der Waals surface area contributed by atoms with Gasteiger partial charge in [-0.15, -0.1) is 0 Å². The molecule has 0 aromatic heterocycles. The van der Waals surface area contributed by atoms with E-state index in [0.717, 1.165) is 18.9 Å². The van der Waals surface area contributed by atoms with Crippen molar-refractivity contribution in [2.45, 2.75) is 50.7 Å². The fourth-order valence-electron chi connectivity index (χ4n) is 2.60. The summed E-state index contributed by atoms with van der Waals surface area (Å²) in [5.41, 5.74) is -0.0170. The Hall–Kier alpha value is -1.68. The lowest BCUT2D eigenvalue weighted by Gasteiger charge is -2.17. The Labute approximate surface area is 176 Å². The number of halogens is 1. The van der Waals surface area contributed by atoms with E-state index in [1.165, 1.54) is 12.1 Å². The molecule has 0 bridgehead atoms. The molecule has 2 N–H and O–H groups in total. The summed E-state index contributed by atoms with van der Waals surface area (Å²) in [7, 11) is -3.94. The molecule has 1 heterocycles. The quantitative estimate of drug-likeness (QED) is 0.562. The number of carbonyl (C=O) groups excluding carboxylic acids is 2. The lowest BCUT2D eigenvalue weighted by atomic mass is 10.1. The van der Waals surface area contributed by atoms with Gasteiger partial charge in [-0.3, -0.25) is 4.79 Å². The number of sulfonamides is 1. The van der Waals surface area contributed by atoms with Gasteiger partial charge in [0.2, 0.25) is 10.0 Å². The van der Waals surface area contributed by atoms with E-state index in [1.54, 1.807) is 0 Å². The second kappa shape index (κ2) is 10.4. The summed E-state index contributed by atoms with van der Waals surface area (Å²) >= 11 is 6.03. The van der Waals surface area contributed by atoms with Crippen LogP contribution in [0.25, 0.3) is 0 Å². The van der Waals surface area contributed by atoms with Gasteiger partial charge in [0.1, 0.15) is 4.90 Å². The number of benzene rings is 1. The Balaban J connectivity index is 2.01. The van der Waals surface area contributed by atoms with Gasteiger partial charge < -0.3 is 14.8 Å². The maximum atomic E-state index is 12.6. The molecule has 2 atom stereocenters. The van der Waals surface area contributed by atoms with E-state index in [4.69, 9.17) is 21.1 Å². The number of hydrogen-bond donors (Lipinski definition) is 2. The van der Waals surface area contributed by atoms with Crippen molar-refractivity contribution in [2.75, 3.05) is 19.8 Å². The number of esters is 1. The highest BCUT2D eigenvalue weighted by Crippen LogP contribution is 2.23. The summed E-state index contributed by atoms with van der Waals surface area (Å²) in [6.07, 6.45) is 1.49. The lowest BCUT2D eigenvalue weighted by Crippen LogP contribution is -2.38. The molecule has 1 aliphatic heterocycles. The number of carbonyl (C=O) groups is 2. The summed E-state index contributed by atoms with van der Waals surface area (Å²) in [5, 5.41) is 2.70. The number of ether oxygens (including phenoxy) is 2. The van der Waals surface area contributed by atoms with Crippen molar-refractivity contribution in [3.63, 3.8) is 0 Å². The van der Waals surface area contributed by atoms with Crippen LogP contribution >= 0.6 is 11.6 Å². The Morgan fingerprint density at radius 3 is 2.66 bits per heavy atom. The van der Waals surface area contributed by atoms with Crippen molar-refractivity contribution >= 4 is 33.5 Å². The third kappa shape index (κ3) is 6.95. The van der Waals surface area contributed by atoms with Gasteiger partial charge in [0, 0.05) is 19.2 Å². The topological polar surface area (TPSA) is 111 Å². The lowest BCUT2D eigenvalue weighted by molar-refractivity contribution is -0.125. The molecular formula is C19H27ClN2O6S. The van der Waals surface area contributed by atoms with Gasteiger partial charge in [0.05, 0.1) is 16.7 Å². The van der Waals surface area contributed by atoms with Gasteiger partial charge in [-0.05, 0) is 43.9 Å². The van der Waals surface area contributed by atoms with E-state index in [1.807, 2.05) is 20.8 Å². The summed E-state index contributed by atoms with van der Waals surface area (Å²) in [5.74, 6) is -1.01. The normalized spacial score (nSPS) is 17.9. The second-order valence-corrected chi connectivity index (χ2v) is 9.45. The molecule has 0 spiro atoms. The molecule has 162 valence electrons. The van der Waals surface area contributed by atoms with Crippen LogP contribution in [0.4, 0.5) is 0 Å². The zero-order valence-electron chi connectivity index (χ0n) is 16.7.